The van der Waals surface area contributed by atoms with Gasteiger partial charge >= 0.3 is 0 Å². The monoisotopic (exact) mass is 189 g/mol. The quantitative estimate of drug-likeness (QED) is 0.676. The van der Waals surface area contributed by atoms with E-state index in [0.717, 1.165) is 23.7 Å². The minimum absolute atomic E-state index is 0.641. The Balaban J connectivity index is 2.12. The van der Waals surface area contributed by atoms with Gasteiger partial charge in [-0.2, -0.15) is 0 Å². The minimum atomic E-state index is 0.641. The smallest absolute Gasteiger partial charge is 0.163 e. The van der Waals surface area contributed by atoms with Crippen LogP contribution in [-0.2, 0) is 0 Å². The van der Waals surface area contributed by atoms with Gasteiger partial charge in [-0.25, -0.2) is 0 Å². The highest BCUT2D eigenvalue weighted by Crippen LogP contribution is 2.36. The topological polar surface area (TPSA) is 30.5 Å². The summed E-state index contributed by atoms with van der Waals surface area (Å²) in [5.41, 5.74) is 2.29. The SMILES string of the molecule is C1=Cc2cc3c(cc2NC1)OCCO3. The standard InChI is InChI=1S/C11H11NO2/c1-2-8-6-10-11(14-5-4-13-10)7-9(8)12-3-1/h1-2,6-7,12H,3-5H2. The highest BCUT2D eigenvalue weighted by atomic mass is 16.6. The van der Waals surface area contributed by atoms with Gasteiger partial charge in [-0.05, 0) is 6.07 Å². The summed E-state index contributed by atoms with van der Waals surface area (Å²) >= 11 is 0. The van der Waals surface area contributed by atoms with Crippen molar-refractivity contribution >= 4 is 11.8 Å². The number of benzene rings is 1. The normalized spacial score (nSPS) is 17.1. The zero-order valence-corrected chi connectivity index (χ0v) is 7.75. The molecular formula is C11H11NO2. The Bertz CT molecular complexity index is 399. The molecule has 3 rings (SSSR count). The van der Waals surface area contributed by atoms with Crippen LogP contribution in [0.1, 0.15) is 5.56 Å². The number of rotatable bonds is 0. The molecule has 72 valence electrons. The van der Waals surface area contributed by atoms with Crippen LogP contribution in [0.15, 0.2) is 18.2 Å². The van der Waals surface area contributed by atoms with Crippen LogP contribution in [0.5, 0.6) is 11.5 Å². The van der Waals surface area contributed by atoms with Gasteiger partial charge in [0.2, 0.25) is 0 Å². The molecule has 0 saturated carbocycles. The van der Waals surface area contributed by atoms with Crippen LogP contribution in [0.2, 0.25) is 0 Å². The summed E-state index contributed by atoms with van der Waals surface area (Å²) < 4.78 is 11.0. The first-order valence-corrected chi connectivity index (χ1v) is 4.77. The zero-order chi connectivity index (χ0) is 9.38. The highest BCUT2D eigenvalue weighted by molar-refractivity contribution is 5.74. The van der Waals surface area contributed by atoms with Crippen LogP contribution in [0, 0.1) is 0 Å². The average Bonchev–Trinajstić information content (AvgIpc) is 2.26. The summed E-state index contributed by atoms with van der Waals surface area (Å²) in [4.78, 5) is 0. The first kappa shape index (κ1) is 7.74. The molecule has 1 N–H and O–H groups in total. The summed E-state index contributed by atoms with van der Waals surface area (Å²) in [6.45, 7) is 2.16. The van der Waals surface area contributed by atoms with Gasteiger partial charge in [-0.1, -0.05) is 12.2 Å². The third-order valence-corrected chi connectivity index (χ3v) is 2.42. The van der Waals surface area contributed by atoms with Crippen molar-refractivity contribution in [2.45, 2.75) is 0 Å². The lowest BCUT2D eigenvalue weighted by molar-refractivity contribution is 0.171. The summed E-state index contributed by atoms with van der Waals surface area (Å²) in [6, 6.07) is 4.03. The summed E-state index contributed by atoms with van der Waals surface area (Å²) in [6.07, 6.45) is 4.20. The molecule has 0 aliphatic carbocycles. The fourth-order valence-electron chi connectivity index (χ4n) is 1.75. The van der Waals surface area contributed by atoms with Crippen LogP contribution in [-0.4, -0.2) is 19.8 Å². The van der Waals surface area contributed by atoms with Crippen molar-refractivity contribution in [3.05, 3.63) is 23.8 Å². The maximum Gasteiger partial charge on any atom is 0.163 e. The van der Waals surface area contributed by atoms with Crippen molar-refractivity contribution in [3.63, 3.8) is 0 Å². The van der Waals surface area contributed by atoms with Crippen molar-refractivity contribution in [1.82, 2.24) is 0 Å². The van der Waals surface area contributed by atoms with E-state index in [4.69, 9.17) is 9.47 Å². The number of hydrogen-bond donors (Lipinski definition) is 1. The molecule has 1 aromatic carbocycles. The van der Waals surface area contributed by atoms with Gasteiger partial charge in [0.25, 0.3) is 0 Å². The number of hydrogen-bond acceptors (Lipinski definition) is 3. The second-order valence-corrected chi connectivity index (χ2v) is 3.37. The molecule has 0 fully saturated rings. The third kappa shape index (κ3) is 1.13. The predicted octanol–water partition coefficient (Wildman–Crippen LogP) is 1.90. The summed E-state index contributed by atoms with van der Waals surface area (Å²) in [7, 11) is 0. The molecule has 2 aliphatic rings. The Hall–Kier alpha value is -1.64. The molecule has 0 radical (unpaired) electrons. The van der Waals surface area contributed by atoms with E-state index in [1.54, 1.807) is 0 Å². The van der Waals surface area contributed by atoms with Gasteiger partial charge in [0.15, 0.2) is 11.5 Å². The van der Waals surface area contributed by atoms with Gasteiger partial charge in [0.05, 0.1) is 0 Å². The van der Waals surface area contributed by atoms with Crippen LogP contribution >= 0.6 is 0 Å². The second kappa shape index (κ2) is 2.94. The largest absolute Gasteiger partial charge is 0.486 e. The Kier molecular flexibility index (Phi) is 1.63. The van der Waals surface area contributed by atoms with Crippen molar-refractivity contribution in [2.24, 2.45) is 0 Å². The summed E-state index contributed by atoms with van der Waals surface area (Å²) in [5, 5.41) is 3.29. The lowest BCUT2D eigenvalue weighted by Gasteiger charge is -2.22. The van der Waals surface area contributed by atoms with Gasteiger partial charge in [0, 0.05) is 23.9 Å². The van der Waals surface area contributed by atoms with E-state index in [1.807, 2.05) is 12.1 Å². The molecular weight excluding hydrogens is 178 g/mol. The Morgan fingerprint density at radius 1 is 1.07 bits per heavy atom. The van der Waals surface area contributed by atoms with Crippen molar-refractivity contribution in [1.29, 1.82) is 0 Å². The number of nitrogens with one attached hydrogen (secondary N) is 1. The van der Waals surface area contributed by atoms with Gasteiger partial charge in [-0.15, -0.1) is 0 Å². The first-order valence-electron chi connectivity index (χ1n) is 4.77. The molecule has 0 atom stereocenters. The third-order valence-electron chi connectivity index (χ3n) is 2.42. The Morgan fingerprint density at radius 2 is 1.86 bits per heavy atom. The molecule has 2 heterocycles. The molecule has 0 unspecified atom stereocenters. The lowest BCUT2D eigenvalue weighted by atomic mass is 10.1. The van der Waals surface area contributed by atoms with E-state index in [9.17, 15) is 0 Å². The maximum absolute atomic E-state index is 5.50. The van der Waals surface area contributed by atoms with Gasteiger partial charge in [-0.3, -0.25) is 0 Å². The van der Waals surface area contributed by atoms with Crippen molar-refractivity contribution < 1.29 is 9.47 Å². The Labute approximate surface area is 82.3 Å². The van der Waals surface area contributed by atoms with Gasteiger partial charge in [0.1, 0.15) is 13.2 Å². The highest BCUT2D eigenvalue weighted by Gasteiger charge is 2.15. The molecule has 0 amide bonds. The molecule has 2 aliphatic heterocycles. The second-order valence-electron chi connectivity index (χ2n) is 3.37. The number of anilines is 1. The van der Waals surface area contributed by atoms with E-state index in [1.165, 1.54) is 5.56 Å². The fraction of sp³-hybridized carbons (Fsp3) is 0.273. The maximum atomic E-state index is 5.50. The van der Waals surface area contributed by atoms with Gasteiger partial charge < -0.3 is 14.8 Å². The molecule has 3 nitrogen and oxygen atoms in total. The first-order chi connectivity index (χ1) is 6.93. The molecule has 0 spiro atoms. The summed E-state index contributed by atoms with van der Waals surface area (Å²) in [5.74, 6) is 1.70. The molecule has 0 aromatic heterocycles. The van der Waals surface area contributed by atoms with Crippen LogP contribution in [0.25, 0.3) is 6.08 Å². The zero-order valence-electron chi connectivity index (χ0n) is 7.75. The average molecular weight is 189 g/mol. The molecule has 14 heavy (non-hydrogen) atoms. The molecule has 0 saturated heterocycles. The molecule has 1 aromatic rings. The van der Waals surface area contributed by atoms with E-state index >= 15 is 0 Å². The number of fused-ring (bicyclic) bond motifs is 2. The van der Waals surface area contributed by atoms with E-state index < -0.39 is 0 Å². The molecule has 0 bridgehead atoms. The van der Waals surface area contributed by atoms with Crippen molar-refractivity contribution in [2.75, 3.05) is 25.1 Å². The van der Waals surface area contributed by atoms with E-state index in [2.05, 4.69) is 17.5 Å². The van der Waals surface area contributed by atoms with E-state index in [-0.39, 0.29) is 0 Å². The minimum Gasteiger partial charge on any atom is -0.486 e. The Morgan fingerprint density at radius 3 is 2.71 bits per heavy atom. The predicted molar refractivity (Wildman–Crippen MR) is 55.0 cm³/mol. The fourth-order valence-corrected chi connectivity index (χ4v) is 1.75. The lowest BCUT2D eigenvalue weighted by Crippen LogP contribution is -2.16. The van der Waals surface area contributed by atoms with Crippen LogP contribution < -0.4 is 14.8 Å². The van der Waals surface area contributed by atoms with Crippen LogP contribution in [0.4, 0.5) is 5.69 Å². The van der Waals surface area contributed by atoms with Crippen molar-refractivity contribution in [3.8, 4) is 11.5 Å². The number of ether oxygens (including phenoxy) is 2. The van der Waals surface area contributed by atoms with Crippen LogP contribution in [0.3, 0.4) is 0 Å². The molecule has 3 heteroatoms. The van der Waals surface area contributed by atoms with E-state index in [0.29, 0.717) is 13.2 Å².